The van der Waals surface area contributed by atoms with Crippen molar-refractivity contribution in [3.63, 3.8) is 0 Å². The Morgan fingerprint density at radius 1 is 1.48 bits per heavy atom. The number of fused-ring (bicyclic) bond motifs is 1. The van der Waals surface area contributed by atoms with Crippen molar-refractivity contribution in [2.24, 2.45) is 0 Å². The SMILES string of the molecule is CCCNCc1cccnc1N1CCN2C(=O)NCC2C1. The first-order valence-electron chi connectivity index (χ1n) is 7.73. The van der Waals surface area contributed by atoms with Crippen LogP contribution in [0.15, 0.2) is 18.3 Å². The van der Waals surface area contributed by atoms with Crippen molar-refractivity contribution in [1.82, 2.24) is 20.5 Å². The number of pyridine rings is 1. The molecule has 3 heterocycles. The fourth-order valence-electron chi connectivity index (χ4n) is 3.05. The van der Waals surface area contributed by atoms with Gasteiger partial charge in [-0.05, 0) is 19.0 Å². The van der Waals surface area contributed by atoms with Gasteiger partial charge in [-0.15, -0.1) is 0 Å². The maximum absolute atomic E-state index is 11.7. The lowest BCUT2D eigenvalue weighted by Crippen LogP contribution is -2.52. The van der Waals surface area contributed by atoms with E-state index in [-0.39, 0.29) is 12.1 Å². The van der Waals surface area contributed by atoms with Gasteiger partial charge in [-0.1, -0.05) is 13.0 Å². The van der Waals surface area contributed by atoms with E-state index in [0.29, 0.717) is 0 Å². The molecule has 6 heteroatoms. The smallest absolute Gasteiger partial charge is 0.317 e. The molecule has 114 valence electrons. The summed E-state index contributed by atoms with van der Waals surface area (Å²) >= 11 is 0. The molecule has 0 radical (unpaired) electrons. The zero-order chi connectivity index (χ0) is 14.7. The molecule has 0 aromatic carbocycles. The predicted octanol–water partition coefficient (Wildman–Crippen LogP) is 0.795. The van der Waals surface area contributed by atoms with E-state index < -0.39 is 0 Å². The van der Waals surface area contributed by atoms with Crippen LogP contribution >= 0.6 is 0 Å². The van der Waals surface area contributed by atoms with Crippen molar-refractivity contribution in [2.45, 2.75) is 25.9 Å². The lowest BCUT2D eigenvalue weighted by atomic mass is 10.1. The van der Waals surface area contributed by atoms with Crippen molar-refractivity contribution < 1.29 is 4.79 Å². The van der Waals surface area contributed by atoms with E-state index in [2.05, 4.69) is 33.5 Å². The van der Waals surface area contributed by atoms with Crippen molar-refractivity contribution in [1.29, 1.82) is 0 Å². The van der Waals surface area contributed by atoms with Gasteiger partial charge in [0.25, 0.3) is 0 Å². The molecule has 0 bridgehead atoms. The summed E-state index contributed by atoms with van der Waals surface area (Å²) in [7, 11) is 0. The number of nitrogens with one attached hydrogen (secondary N) is 2. The van der Waals surface area contributed by atoms with Gasteiger partial charge in [-0.2, -0.15) is 0 Å². The summed E-state index contributed by atoms with van der Waals surface area (Å²) in [6.07, 6.45) is 2.98. The highest BCUT2D eigenvalue weighted by atomic mass is 16.2. The number of rotatable bonds is 5. The number of carbonyl (C=O) groups is 1. The second-order valence-electron chi connectivity index (χ2n) is 5.64. The Morgan fingerprint density at radius 3 is 3.24 bits per heavy atom. The molecule has 21 heavy (non-hydrogen) atoms. The Balaban J connectivity index is 1.70. The molecule has 2 saturated heterocycles. The molecule has 0 aliphatic carbocycles. The molecule has 2 aliphatic rings. The van der Waals surface area contributed by atoms with E-state index in [1.165, 1.54) is 5.56 Å². The van der Waals surface area contributed by atoms with Gasteiger partial charge < -0.3 is 20.4 Å². The maximum Gasteiger partial charge on any atom is 0.317 e. The quantitative estimate of drug-likeness (QED) is 0.787. The first kappa shape index (κ1) is 14.1. The van der Waals surface area contributed by atoms with Crippen LogP contribution in [0, 0.1) is 0 Å². The molecule has 1 aromatic rings. The summed E-state index contributed by atoms with van der Waals surface area (Å²) in [6.45, 7) is 7.25. The molecule has 2 aliphatic heterocycles. The third kappa shape index (κ3) is 2.95. The zero-order valence-electron chi connectivity index (χ0n) is 12.5. The molecule has 3 rings (SSSR count). The molecule has 0 saturated carbocycles. The van der Waals surface area contributed by atoms with E-state index in [9.17, 15) is 4.79 Å². The minimum Gasteiger partial charge on any atom is -0.352 e. The van der Waals surface area contributed by atoms with Gasteiger partial charge in [0, 0.05) is 44.5 Å². The Kier molecular flexibility index (Phi) is 4.24. The lowest BCUT2D eigenvalue weighted by Gasteiger charge is -2.37. The standard InChI is InChI=1S/C15H23N5O/c1-2-5-16-9-12-4-3-6-17-14(12)19-7-8-20-13(11-19)10-18-15(20)21/h3-4,6,13,16H,2,5,7-11H2,1H3,(H,18,21). The zero-order valence-corrected chi connectivity index (χ0v) is 12.5. The highest BCUT2D eigenvalue weighted by Gasteiger charge is 2.36. The summed E-state index contributed by atoms with van der Waals surface area (Å²) < 4.78 is 0. The molecule has 1 aromatic heterocycles. The number of piperazine rings is 1. The number of aromatic nitrogens is 1. The Morgan fingerprint density at radius 2 is 2.38 bits per heavy atom. The Bertz CT molecular complexity index is 507. The second-order valence-corrected chi connectivity index (χ2v) is 5.64. The van der Waals surface area contributed by atoms with Gasteiger partial charge in [0.05, 0.1) is 6.04 Å². The van der Waals surface area contributed by atoms with E-state index in [1.807, 2.05) is 17.2 Å². The van der Waals surface area contributed by atoms with Gasteiger partial charge in [0.15, 0.2) is 0 Å². The number of hydrogen-bond acceptors (Lipinski definition) is 4. The van der Waals surface area contributed by atoms with Gasteiger partial charge >= 0.3 is 6.03 Å². The third-order valence-electron chi connectivity index (χ3n) is 4.14. The largest absolute Gasteiger partial charge is 0.352 e. The number of amides is 2. The Hall–Kier alpha value is -1.82. The number of anilines is 1. The van der Waals surface area contributed by atoms with E-state index in [4.69, 9.17) is 0 Å². The van der Waals surface area contributed by atoms with Gasteiger partial charge in [-0.25, -0.2) is 9.78 Å². The van der Waals surface area contributed by atoms with Crippen LogP contribution < -0.4 is 15.5 Å². The average molecular weight is 289 g/mol. The number of hydrogen-bond donors (Lipinski definition) is 2. The minimum absolute atomic E-state index is 0.0745. The molecule has 2 fully saturated rings. The first-order chi connectivity index (χ1) is 10.3. The van der Waals surface area contributed by atoms with Crippen LogP contribution in [0.3, 0.4) is 0 Å². The number of urea groups is 1. The monoisotopic (exact) mass is 289 g/mol. The van der Waals surface area contributed by atoms with Crippen LogP contribution in [0.1, 0.15) is 18.9 Å². The van der Waals surface area contributed by atoms with Crippen molar-refractivity contribution >= 4 is 11.8 Å². The molecule has 2 N–H and O–H groups in total. The van der Waals surface area contributed by atoms with E-state index in [0.717, 1.165) is 51.5 Å². The van der Waals surface area contributed by atoms with Crippen LogP contribution in [0.5, 0.6) is 0 Å². The highest BCUT2D eigenvalue weighted by Crippen LogP contribution is 2.22. The summed E-state index contributed by atoms with van der Waals surface area (Å²) in [5.41, 5.74) is 1.23. The highest BCUT2D eigenvalue weighted by molar-refractivity contribution is 5.77. The molecule has 1 atom stereocenters. The molecular formula is C15H23N5O. The number of carbonyl (C=O) groups excluding carboxylic acids is 1. The van der Waals surface area contributed by atoms with Crippen molar-refractivity contribution in [3.05, 3.63) is 23.9 Å². The fraction of sp³-hybridized carbons (Fsp3) is 0.600. The van der Waals surface area contributed by atoms with Crippen LogP contribution in [0.25, 0.3) is 0 Å². The normalized spacial score (nSPS) is 21.4. The predicted molar refractivity (Wildman–Crippen MR) is 82.3 cm³/mol. The van der Waals surface area contributed by atoms with Crippen LogP contribution in [-0.2, 0) is 6.54 Å². The topological polar surface area (TPSA) is 60.5 Å². The fourth-order valence-corrected chi connectivity index (χ4v) is 3.05. The number of nitrogens with zero attached hydrogens (tertiary/aromatic N) is 3. The van der Waals surface area contributed by atoms with Gasteiger partial charge in [0.2, 0.25) is 0 Å². The average Bonchev–Trinajstić information content (AvgIpc) is 2.89. The van der Waals surface area contributed by atoms with Gasteiger partial charge in [0.1, 0.15) is 5.82 Å². The summed E-state index contributed by atoms with van der Waals surface area (Å²) in [6, 6.07) is 4.47. The summed E-state index contributed by atoms with van der Waals surface area (Å²) in [5, 5.41) is 6.36. The Labute approximate surface area is 125 Å². The first-order valence-corrected chi connectivity index (χ1v) is 7.73. The van der Waals surface area contributed by atoms with Crippen LogP contribution in [0.4, 0.5) is 10.6 Å². The summed E-state index contributed by atoms with van der Waals surface area (Å²) in [4.78, 5) is 20.5. The van der Waals surface area contributed by atoms with Gasteiger partial charge in [-0.3, -0.25) is 0 Å². The van der Waals surface area contributed by atoms with Crippen LogP contribution in [-0.4, -0.2) is 54.7 Å². The van der Waals surface area contributed by atoms with E-state index >= 15 is 0 Å². The van der Waals surface area contributed by atoms with Crippen LogP contribution in [0.2, 0.25) is 0 Å². The molecule has 2 amide bonds. The lowest BCUT2D eigenvalue weighted by molar-refractivity contribution is 0.197. The molecule has 1 unspecified atom stereocenters. The summed E-state index contributed by atoms with van der Waals surface area (Å²) in [5.74, 6) is 1.06. The maximum atomic E-state index is 11.7. The van der Waals surface area contributed by atoms with E-state index in [1.54, 1.807) is 0 Å². The molecule has 6 nitrogen and oxygen atoms in total. The third-order valence-corrected chi connectivity index (χ3v) is 4.14. The molecular weight excluding hydrogens is 266 g/mol. The molecule has 0 spiro atoms. The van der Waals surface area contributed by atoms with Crippen molar-refractivity contribution in [2.75, 3.05) is 37.6 Å². The second kappa shape index (κ2) is 6.30. The minimum atomic E-state index is 0.0745. The van der Waals surface area contributed by atoms with Crippen molar-refractivity contribution in [3.8, 4) is 0 Å².